The normalized spacial score (nSPS) is 11.1. The minimum atomic E-state index is -0.728. The second-order valence-electron chi connectivity index (χ2n) is 9.41. The fourth-order valence-corrected chi connectivity index (χ4v) is 3.56. The summed E-state index contributed by atoms with van der Waals surface area (Å²) < 4.78 is 6.87. The van der Waals surface area contributed by atoms with Gasteiger partial charge in [-0.05, 0) is 30.4 Å². The fraction of sp³-hybridized carbons (Fsp3) is 0.520. The van der Waals surface area contributed by atoms with E-state index in [1.807, 2.05) is 58.0 Å². The average Bonchev–Trinajstić information content (AvgIpc) is 2.78. The SMILES string of the molecule is CC(C)CN(C(=O)CN(C)C(=O)CCCOc1ccccc1)c1c(N)n(CC(C)C)c(=O)[nH]c1=O. The average molecular weight is 488 g/mol. The number of nitrogens with zero attached hydrogens (tertiary/aromatic N) is 3. The number of rotatable bonds is 12. The highest BCUT2D eigenvalue weighted by Crippen LogP contribution is 2.19. The minimum absolute atomic E-state index is 0.0133. The number of para-hydroxylation sites is 1. The Morgan fingerprint density at radius 3 is 2.31 bits per heavy atom. The van der Waals surface area contributed by atoms with Crippen molar-refractivity contribution in [1.82, 2.24) is 14.5 Å². The minimum Gasteiger partial charge on any atom is -0.494 e. The molecule has 1 aromatic carbocycles. The molecule has 0 spiro atoms. The molecule has 0 saturated carbocycles. The number of carbonyl (C=O) groups excluding carboxylic acids is 2. The zero-order valence-corrected chi connectivity index (χ0v) is 21.2. The van der Waals surface area contributed by atoms with Gasteiger partial charge in [0.2, 0.25) is 11.8 Å². The van der Waals surface area contributed by atoms with Gasteiger partial charge in [-0.25, -0.2) is 4.79 Å². The maximum atomic E-state index is 13.2. The fourth-order valence-electron chi connectivity index (χ4n) is 3.56. The van der Waals surface area contributed by atoms with Gasteiger partial charge >= 0.3 is 5.69 Å². The molecule has 2 rings (SSSR count). The zero-order chi connectivity index (χ0) is 26.1. The van der Waals surface area contributed by atoms with Crippen LogP contribution in [0.1, 0.15) is 40.5 Å². The molecule has 3 N–H and O–H groups in total. The maximum Gasteiger partial charge on any atom is 0.330 e. The molecule has 0 aliphatic heterocycles. The third-order valence-corrected chi connectivity index (χ3v) is 5.23. The van der Waals surface area contributed by atoms with Gasteiger partial charge in [-0.1, -0.05) is 45.9 Å². The molecule has 0 saturated heterocycles. The zero-order valence-electron chi connectivity index (χ0n) is 21.2. The maximum absolute atomic E-state index is 13.2. The van der Waals surface area contributed by atoms with Gasteiger partial charge in [0.1, 0.15) is 11.6 Å². The van der Waals surface area contributed by atoms with Gasteiger partial charge in [-0.2, -0.15) is 0 Å². The molecule has 1 heterocycles. The standard InChI is InChI=1S/C25H37N5O5/c1-17(2)14-29(22-23(26)30(15-18(3)4)25(34)27-24(22)33)21(32)16-28(5)20(31)12-9-13-35-19-10-7-6-8-11-19/h6-8,10-11,17-18H,9,12-16,26H2,1-5H3,(H,27,33,34). The Morgan fingerprint density at radius 1 is 1.06 bits per heavy atom. The Bertz CT molecular complexity index is 1110. The lowest BCUT2D eigenvalue weighted by atomic mass is 10.2. The molecule has 2 amide bonds. The largest absolute Gasteiger partial charge is 0.494 e. The Hall–Kier alpha value is -3.56. The summed E-state index contributed by atoms with van der Waals surface area (Å²) in [6.45, 7) is 8.28. The lowest BCUT2D eigenvalue weighted by Crippen LogP contribution is -2.47. The van der Waals surface area contributed by atoms with E-state index in [0.717, 1.165) is 5.75 Å². The quantitative estimate of drug-likeness (QED) is 0.441. The van der Waals surface area contributed by atoms with Crippen molar-refractivity contribution in [2.24, 2.45) is 11.8 Å². The number of aromatic amines is 1. The van der Waals surface area contributed by atoms with Crippen LogP contribution in [0.2, 0.25) is 0 Å². The highest BCUT2D eigenvalue weighted by atomic mass is 16.5. The van der Waals surface area contributed by atoms with Crippen LogP contribution in [0.25, 0.3) is 0 Å². The molecule has 0 radical (unpaired) electrons. The van der Waals surface area contributed by atoms with Gasteiger partial charge in [0.15, 0.2) is 5.69 Å². The van der Waals surface area contributed by atoms with Crippen LogP contribution in [0.3, 0.4) is 0 Å². The predicted molar refractivity (Wildman–Crippen MR) is 137 cm³/mol. The molecule has 0 fully saturated rings. The summed E-state index contributed by atoms with van der Waals surface area (Å²) >= 11 is 0. The van der Waals surface area contributed by atoms with Crippen molar-refractivity contribution in [3.63, 3.8) is 0 Å². The number of nitrogens with one attached hydrogen (secondary N) is 1. The van der Waals surface area contributed by atoms with Crippen LogP contribution in [0, 0.1) is 11.8 Å². The van der Waals surface area contributed by atoms with Crippen molar-refractivity contribution in [2.75, 3.05) is 37.4 Å². The third kappa shape index (κ3) is 8.01. The van der Waals surface area contributed by atoms with Crippen molar-refractivity contribution in [1.29, 1.82) is 0 Å². The number of aromatic nitrogens is 2. The summed E-state index contributed by atoms with van der Waals surface area (Å²) in [6.07, 6.45) is 0.706. The van der Waals surface area contributed by atoms with Crippen LogP contribution in [0.5, 0.6) is 5.75 Å². The van der Waals surface area contributed by atoms with E-state index < -0.39 is 17.2 Å². The molecule has 10 heteroatoms. The number of anilines is 2. The van der Waals surface area contributed by atoms with E-state index in [0.29, 0.717) is 19.6 Å². The van der Waals surface area contributed by atoms with E-state index in [1.54, 1.807) is 7.05 Å². The number of hydrogen-bond donors (Lipinski definition) is 2. The van der Waals surface area contributed by atoms with E-state index in [4.69, 9.17) is 10.5 Å². The Balaban J connectivity index is 2.12. The summed E-state index contributed by atoms with van der Waals surface area (Å²) in [5.41, 5.74) is 4.81. The molecular weight excluding hydrogens is 450 g/mol. The number of ether oxygens (including phenoxy) is 1. The number of hydrogen-bond acceptors (Lipinski definition) is 6. The summed E-state index contributed by atoms with van der Waals surface area (Å²) in [6, 6.07) is 9.32. The van der Waals surface area contributed by atoms with Gasteiger partial charge in [0.05, 0.1) is 13.2 Å². The molecular formula is C25H37N5O5. The van der Waals surface area contributed by atoms with Crippen LogP contribution in [0.15, 0.2) is 39.9 Å². The van der Waals surface area contributed by atoms with E-state index in [-0.39, 0.29) is 48.8 Å². The Kier molecular flexibility index (Phi) is 10.1. The molecule has 2 aromatic rings. The summed E-state index contributed by atoms with van der Waals surface area (Å²) in [5, 5.41) is 0. The van der Waals surface area contributed by atoms with Gasteiger partial charge in [-0.3, -0.25) is 23.9 Å². The lowest BCUT2D eigenvalue weighted by Gasteiger charge is -2.28. The molecule has 192 valence electrons. The number of amides is 2. The molecule has 0 unspecified atom stereocenters. The molecule has 0 bridgehead atoms. The summed E-state index contributed by atoms with van der Waals surface area (Å²) in [7, 11) is 1.54. The summed E-state index contributed by atoms with van der Waals surface area (Å²) in [4.78, 5) is 55.7. The Morgan fingerprint density at radius 2 is 1.71 bits per heavy atom. The van der Waals surface area contributed by atoms with E-state index in [9.17, 15) is 19.2 Å². The number of nitrogens with two attached hydrogens (primary N) is 1. The highest BCUT2D eigenvalue weighted by Gasteiger charge is 2.26. The molecule has 0 atom stereocenters. The molecule has 35 heavy (non-hydrogen) atoms. The summed E-state index contributed by atoms with van der Waals surface area (Å²) in [5.74, 6) is 0.105. The number of benzene rings is 1. The van der Waals surface area contributed by atoms with Gasteiger partial charge in [-0.15, -0.1) is 0 Å². The van der Waals surface area contributed by atoms with Crippen molar-refractivity contribution in [2.45, 2.75) is 47.1 Å². The second-order valence-corrected chi connectivity index (χ2v) is 9.41. The highest BCUT2D eigenvalue weighted by molar-refractivity contribution is 5.98. The lowest BCUT2D eigenvalue weighted by molar-refractivity contribution is -0.134. The molecule has 10 nitrogen and oxygen atoms in total. The number of likely N-dealkylation sites (N-methyl/N-ethyl adjacent to an activating group) is 1. The van der Waals surface area contributed by atoms with Crippen molar-refractivity contribution >= 4 is 23.3 Å². The smallest absolute Gasteiger partial charge is 0.330 e. The predicted octanol–water partition coefficient (Wildman–Crippen LogP) is 2.08. The van der Waals surface area contributed by atoms with E-state index in [1.165, 1.54) is 14.4 Å². The molecule has 0 aliphatic carbocycles. The van der Waals surface area contributed by atoms with Crippen molar-refractivity contribution in [3.8, 4) is 5.75 Å². The monoisotopic (exact) mass is 487 g/mol. The van der Waals surface area contributed by atoms with Crippen molar-refractivity contribution < 1.29 is 14.3 Å². The van der Waals surface area contributed by atoms with E-state index in [2.05, 4.69) is 4.98 Å². The van der Waals surface area contributed by atoms with Crippen LogP contribution in [0.4, 0.5) is 11.5 Å². The molecule has 0 aliphatic rings. The number of H-pyrrole nitrogens is 1. The first-order valence-electron chi connectivity index (χ1n) is 11.9. The van der Waals surface area contributed by atoms with Gasteiger partial charge in [0.25, 0.3) is 5.56 Å². The van der Waals surface area contributed by atoms with Gasteiger partial charge in [0, 0.05) is 26.6 Å². The first-order valence-corrected chi connectivity index (χ1v) is 11.9. The van der Waals surface area contributed by atoms with Crippen LogP contribution in [-0.2, 0) is 16.1 Å². The number of carbonyl (C=O) groups is 2. The van der Waals surface area contributed by atoms with E-state index >= 15 is 0 Å². The first-order chi connectivity index (χ1) is 16.5. The van der Waals surface area contributed by atoms with Crippen LogP contribution >= 0.6 is 0 Å². The third-order valence-electron chi connectivity index (χ3n) is 5.23. The van der Waals surface area contributed by atoms with Gasteiger partial charge < -0.3 is 20.3 Å². The second kappa shape index (κ2) is 12.8. The number of nitrogen functional groups attached to an aromatic ring is 1. The van der Waals surface area contributed by atoms with Crippen molar-refractivity contribution in [3.05, 3.63) is 51.2 Å². The van der Waals surface area contributed by atoms with Crippen LogP contribution in [-0.4, -0.2) is 53.0 Å². The van der Waals surface area contributed by atoms with Crippen LogP contribution < -0.4 is 26.6 Å². The Labute approximate surface area is 205 Å². The first kappa shape index (κ1) is 27.7. The molecule has 1 aromatic heterocycles. The topological polar surface area (TPSA) is 131 Å².